The van der Waals surface area contributed by atoms with E-state index in [-0.39, 0.29) is 12.6 Å². The molecule has 0 aliphatic carbocycles. The molecule has 5 heteroatoms. The van der Waals surface area contributed by atoms with Crippen LogP contribution in [0.2, 0.25) is 0 Å². The van der Waals surface area contributed by atoms with Crippen molar-refractivity contribution in [2.24, 2.45) is 0 Å². The molecule has 1 atom stereocenters. The third kappa shape index (κ3) is 3.56. The lowest BCUT2D eigenvalue weighted by atomic mass is 10.2. The Bertz CT molecular complexity index is 539. The van der Waals surface area contributed by atoms with Crippen molar-refractivity contribution in [2.45, 2.75) is 12.5 Å². The second kappa shape index (κ2) is 6.36. The number of aliphatic hydroxyl groups is 1. The van der Waals surface area contributed by atoms with E-state index in [2.05, 4.69) is 10.3 Å². The second-order valence-corrected chi connectivity index (χ2v) is 4.46. The molecule has 0 aliphatic rings. The SMILES string of the molecule is COCC(CCO)Nc1ccc2cc(N)ccc2n1. The van der Waals surface area contributed by atoms with Crippen LogP contribution in [0.5, 0.6) is 0 Å². The number of aromatic nitrogens is 1. The van der Waals surface area contributed by atoms with Crippen LogP contribution in [-0.4, -0.2) is 36.5 Å². The molecule has 0 amide bonds. The van der Waals surface area contributed by atoms with Gasteiger partial charge in [-0.05, 0) is 36.8 Å². The summed E-state index contributed by atoms with van der Waals surface area (Å²) in [6.07, 6.45) is 0.620. The summed E-state index contributed by atoms with van der Waals surface area (Å²) in [6.45, 7) is 0.646. The van der Waals surface area contributed by atoms with Crippen LogP contribution in [0.4, 0.5) is 11.5 Å². The van der Waals surface area contributed by atoms with Crippen LogP contribution < -0.4 is 11.1 Å². The number of anilines is 2. The van der Waals surface area contributed by atoms with E-state index in [1.165, 1.54) is 0 Å². The maximum Gasteiger partial charge on any atom is 0.126 e. The molecule has 1 unspecified atom stereocenters. The molecule has 0 radical (unpaired) electrons. The number of hydrogen-bond acceptors (Lipinski definition) is 5. The highest BCUT2D eigenvalue weighted by Gasteiger charge is 2.08. The van der Waals surface area contributed by atoms with Gasteiger partial charge in [0.1, 0.15) is 5.82 Å². The number of nitrogens with one attached hydrogen (secondary N) is 1. The molecule has 1 aromatic carbocycles. The van der Waals surface area contributed by atoms with Gasteiger partial charge in [-0.1, -0.05) is 0 Å². The minimum Gasteiger partial charge on any atom is -0.399 e. The zero-order valence-electron chi connectivity index (χ0n) is 11.0. The number of ether oxygens (including phenoxy) is 1. The summed E-state index contributed by atoms with van der Waals surface area (Å²) in [6, 6.07) is 9.55. The molecule has 0 saturated heterocycles. The second-order valence-electron chi connectivity index (χ2n) is 4.46. The lowest BCUT2D eigenvalue weighted by Crippen LogP contribution is -2.26. The van der Waals surface area contributed by atoms with E-state index < -0.39 is 0 Å². The lowest BCUT2D eigenvalue weighted by molar-refractivity contribution is 0.170. The van der Waals surface area contributed by atoms with Crippen molar-refractivity contribution in [2.75, 3.05) is 31.4 Å². The van der Waals surface area contributed by atoms with E-state index in [1.807, 2.05) is 30.3 Å². The molecule has 19 heavy (non-hydrogen) atoms. The monoisotopic (exact) mass is 261 g/mol. The van der Waals surface area contributed by atoms with Crippen LogP contribution in [-0.2, 0) is 4.74 Å². The maximum atomic E-state index is 9.01. The predicted octanol–water partition coefficient (Wildman–Crippen LogP) is 1.63. The molecule has 1 aromatic heterocycles. The van der Waals surface area contributed by atoms with Gasteiger partial charge in [0.05, 0.1) is 18.2 Å². The van der Waals surface area contributed by atoms with Crippen LogP contribution in [0.15, 0.2) is 30.3 Å². The van der Waals surface area contributed by atoms with E-state index in [0.29, 0.717) is 13.0 Å². The molecule has 4 N–H and O–H groups in total. The normalized spacial score (nSPS) is 12.5. The average Bonchev–Trinajstić information content (AvgIpc) is 2.39. The summed E-state index contributed by atoms with van der Waals surface area (Å²) in [7, 11) is 1.64. The van der Waals surface area contributed by atoms with E-state index >= 15 is 0 Å². The first-order chi connectivity index (χ1) is 9.22. The minimum absolute atomic E-state index is 0.0498. The number of pyridine rings is 1. The standard InChI is InChI=1S/C14H19N3O2/c1-19-9-12(6-7-18)16-14-5-2-10-8-11(15)3-4-13(10)17-14/h2-5,8,12,18H,6-7,9,15H2,1H3,(H,16,17). The van der Waals surface area contributed by atoms with Gasteiger partial charge >= 0.3 is 0 Å². The third-order valence-electron chi connectivity index (χ3n) is 2.91. The molecule has 0 bridgehead atoms. The fourth-order valence-corrected chi connectivity index (χ4v) is 1.99. The Kier molecular flexibility index (Phi) is 4.54. The number of methoxy groups -OCH3 is 1. The number of rotatable bonds is 6. The van der Waals surface area contributed by atoms with E-state index in [4.69, 9.17) is 15.6 Å². The Morgan fingerprint density at radius 1 is 1.37 bits per heavy atom. The largest absolute Gasteiger partial charge is 0.399 e. The summed E-state index contributed by atoms with van der Waals surface area (Å²) in [4.78, 5) is 4.52. The fraction of sp³-hybridized carbons (Fsp3) is 0.357. The van der Waals surface area contributed by atoms with Gasteiger partial charge in [0, 0.05) is 24.8 Å². The van der Waals surface area contributed by atoms with E-state index in [1.54, 1.807) is 7.11 Å². The van der Waals surface area contributed by atoms with Crippen molar-refractivity contribution >= 4 is 22.4 Å². The van der Waals surface area contributed by atoms with Crippen LogP contribution in [0.1, 0.15) is 6.42 Å². The Hall–Kier alpha value is -1.85. The average molecular weight is 261 g/mol. The van der Waals surface area contributed by atoms with Crippen LogP contribution in [0.3, 0.4) is 0 Å². The maximum absolute atomic E-state index is 9.01. The summed E-state index contributed by atoms with van der Waals surface area (Å²) in [5.41, 5.74) is 7.35. The number of nitrogen functional groups attached to an aromatic ring is 1. The smallest absolute Gasteiger partial charge is 0.126 e. The number of aliphatic hydroxyl groups excluding tert-OH is 1. The topological polar surface area (TPSA) is 80.4 Å². The van der Waals surface area contributed by atoms with Crippen molar-refractivity contribution in [1.82, 2.24) is 4.98 Å². The first-order valence-electron chi connectivity index (χ1n) is 6.25. The summed E-state index contributed by atoms with van der Waals surface area (Å²) in [5, 5.41) is 13.3. The fourth-order valence-electron chi connectivity index (χ4n) is 1.99. The molecule has 2 aromatic rings. The molecular formula is C14H19N3O2. The van der Waals surface area contributed by atoms with Crippen LogP contribution in [0, 0.1) is 0 Å². The van der Waals surface area contributed by atoms with E-state index in [0.717, 1.165) is 22.4 Å². The van der Waals surface area contributed by atoms with Gasteiger partial charge in [-0.3, -0.25) is 0 Å². The molecule has 0 aliphatic heterocycles. The molecule has 102 valence electrons. The molecule has 0 saturated carbocycles. The molecule has 2 rings (SSSR count). The zero-order valence-corrected chi connectivity index (χ0v) is 11.0. The summed E-state index contributed by atoms with van der Waals surface area (Å²) < 4.78 is 5.11. The molecule has 5 nitrogen and oxygen atoms in total. The van der Waals surface area contributed by atoms with Gasteiger partial charge in [-0.2, -0.15) is 0 Å². The molecule has 1 heterocycles. The van der Waals surface area contributed by atoms with Gasteiger partial charge < -0.3 is 20.9 Å². The highest BCUT2D eigenvalue weighted by Crippen LogP contribution is 2.18. The first-order valence-corrected chi connectivity index (χ1v) is 6.25. The lowest BCUT2D eigenvalue weighted by Gasteiger charge is -2.17. The summed E-state index contributed by atoms with van der Waals surface area (Å²) >= 11 is 0. The van der Waals surface area contributed by atoms with Crippen molar-refractivity contribution in [3.8, 4) is 0 Å². The number of fused-ring (bicyclic) bond motifs is 1. The van der Waals surface area contributed by atoms with Crippen molar-refractivity contribution in [3.05, 3.63) is 30.3 Å². The highest BCUT2D eigenvalue weighted by atomic mass is 16.5. The highest BCUT2D eigenvalue weighted by molar-refractivity contribution is 5.83. The molecule has 0 spiro atoms. The predicted molar refractivity (Wildman–Crippen MR) is 77.1 cm³/mol. The number of nitrogens with zero attached hydrogens (tertiary/aromatic N) is 1. The van der Waals surface area contributed by atoms with Crippen molar-refractivity contribution in [3.63, 3.8) is 0 Å². The minimum atomic E-state index is 0.0498. The van der Waals surface area contributed by atoms with Gasteiger partial charge in [0.2, 0.25) is 0 Å². The Morgan fingerprint density at radius 2 is 2.21 bits per heavy atom. The zero-order chi connectivity index (χ0) is 13.7. The Balaban J connectivity index is 2.18. The van der Waals surface area contributed by atoms with Crippen LogP contribution >= 0.6 is 0 Å². The van der Waals surface area contributed by atoms with Gasteiger partial charge in [-0.15, -0.1) is 0 Å². The summed E-state index contributed by atoms with van der Waals surface area (Å²) in [5.74, 6) is 0.771. The molecular weight excluding hydrogens is 242 g/mol. The Morgan fingerprint density at radius 3 is 2.95 bits per heavy atom. The third-order valence-corrected chi connectivity index (χ3v) is 2.91. The Labute approximate surface area is 112 Å². The van der Waals surface area contributed by atoms with Crippen LogP contribution in [0.25, 0.3) is 10.9 Å². The number of benzene rings is 1. The van der Waals surface area contributed by atoms with Crippen molar-refractivity contribution < 1.29 is 9.84 Å². The van der Waals surface area contributed by atoms with Gasteiger partial charge in [0.15, 0.2) is 0 Å². The molecule has 0 fully saturated rings. The first kappa shape index (κ1) is 13.6. The number of nitrogens with two attached hydrogens (primary N) is 1. The van der Waals surface area contributed by atoms with E-state index in [9.17, 15) is 0 Å². The van der Waals surface area contributed by atoms with Crippen molar-refractivity contribution in [1.29, 1.82) is 0 Å². The van der Waals surface area contributed by atoms with Gasteiger partial charge in [-0.25, -0.2) is 4.98 Å². The number of hydrogen-bond donors (Lipinski definition) is 3. The van der Waals surface area contributed by atoms with Gasteiger partial charge in [0.25, 0.3) is 0 Å². The quantitative estimate of drug-likeness (QED) is 0.689.